The van der Waals surface area contributed by atoms with Crippen molar-refractivity contribution in [2.45, 2.75) is 31.7 Å². The van der Waals surface area contributed by atoms with E-state index in [2.05, 4.69) is 27.3 Å². The van der Waals surface area contributed by atoms with Crippen LogP contribution in [0, 0.1) is 17.2 Å². The summed E-state index contributed by atoms with van der Waals surface area (Å²) in [4.78, 5) is 0. The molecule has 1 aliphatic rings. The van der Waals surface area contributed by atoms with Gasteiger partial charge >= 0.3 is 0 Å². The van der Waals surface area contributed by atoms with E-state index in [0.717, 1.165) is 29.4 Å². The quantitative estimate of drug-likeness (QED) is 0.866. The molecule has 90 valence electrons. The minimum atomic E-state index is 0.106. The van der Waals surface area contributed by atoms with E-state index in [-0.39, 0.29) is 12.0 Å². The minimum Gasteiger partial charge on any atom is -0.380 e. The van der Waals surface area contributed by atoms with Gasteiger partial charge in [0, 0.05) is 6.04 Å². The zero-order valence-corrected chi connectivity index (χ0v) is 11.8. The lowest BCUT2D eigenvalue weighted by molar-refractivity contribution is 0.388. The van der Waals surface area contributed by atoms with Gasteiger partial charge in [-0.1, -0.05) is 30.5 Å². The van der Waals surface area contributed by atoms with Crippen molar-refractivity contribution < 1.29 is 0 Å². The van der Waals surface area contributed by atoms with Gasteiger partial charge in [0.1, 0.15) is 0 Å². The van der Waals surface area contributed by atoms with Crippen molar-refractivity contribution in [2.75, 3.05) is 5.32 Å². The number of hydrogen-bond donors (Lipinski definition) is 1. The van der Waals surface area contributed by atoms with Crippen molar-refractivity contribution in [3.05, 3.63) is 27.7 Å². The number of anilines is 1. The van der Waals surface area contributed by atoms with E-state index in [1.807, 2.05) is 18.2 Å². The Morgan fingerprint density at radius 1 is 1.35 bits per heavy atom. The fraction of sp³-hybridized carbons (Fsp3) is 0.462. The highest BCUT2D eigenvalue weighted by molar-refractivity contribution is 9.10. The van der Waals surface area contributed by atoms with Crippen LogP contribution in [-0.4, -0.2) is 6.04 Å². The Kier molecular flexibility index (Phi) is 4.31. The van der Waals surface area contributed by atoms with Crippen molar-refractivity contribution in [1.29, 1.82) is 5.26 Å². The molecule has 4 heteroatoms. The van der Waals surface area contributed by atoms with Crippen LogP contribution in [0.4, 0.5) is 5.69 Å². The first-order chi connectivity index (χ1) is 8.22. The molecule has 17 heavy (non-hydrogen) atoms. The molecule has 0 bridgehead atoms. The molecule has 2 rings (SSSR count). The van der Waals surface area contributed by atoms with Crippen LogP contribution < -0.4 is 5.32 Å². The molecule has 2 nitrogen and oxygen atoms in total. The summed E-state index contributed by atoms with van der Waals surface area (Å²) in [5.74, 6) is 0.106. The third-order valence-electron chi connectivity index (χ3n) is 3.22. The Labute approximate surface area is 115 Å². The van der Waals surface area contributed by atoms with Gasteiger partial charge in [0.15, 0.2) is 0 Å². The minimum absolute atomic E-state index is 0.106. The number of nitrogens with one attached hydrogen (secondary N) is 1. The molecule has 0 heterocycles. The molecule has 2 unspecified atom stereocenters. The molecule has 0 saturated heterocycles. The highest BCUT2D eigenvalue weighted by Gasteiger charge is 2.25. The Balaban J connectivity index is 2.14. The average molecular weight is 314 g/mol. The van der Waals surface area contributed by atoms with E-state index in [0.29, 0.717) is 5.02 Å². The number of hydrogen-bond acceptors (Lipinski definition) is 2. The largest absolute Gasteiger partial charge is 0.380 e. The van der Waals surface area contributed by atoms with E-state index in [9.17, 15) is 0 Å². The van der Waals surface area contributed by atoms with Gasteiger partial charge in [-0.2, -0.15) is 5.26 Å². The highest BCUT2D eigenvalue weighted by atomic mass is 79.9. The van der Waals surface area contributed by atoms with Crippen molar-refractivity contribution in [2.24, 2.45) is 5.92 Å². The number of nitrogens with zero attached hydrogens (tertiary/aromatic N) is 1. The second-order valence-corrected chi connectivity index (χ2v) is 5.57. The molecule has 0 amide bonds. The highest BCUT2D eigenvalue weighted by Crippen LogP contribution is 2.33. The molecule has 1 saturated carbocycles. The molecule has 1 aromatic rings. The number of benzene rings is 1. The Morgan fingerprint density at radius 3 is 2.88 bits per heavy atom. The molecule has 0 aliphatic heterocycles. The molecule has 1 aliphatic carbocycles. The van der Waals surface area contributed by atoms with E-state index < -0.39 is 0 Å². The molecule has 2 atom stereocenters. The van der Waals surface area contributed by atoms with Gasteiger partial charge < -0.3 is 5.32 Å². The summed E-state index contributed by atoms with van der Waals surface area (Å²) in [6, 6.07) is 8.39. The summed E-state index contributed by atoms with van der Waals surface area (Å²) in [5.41, 5.74) is 0.977. The van der Waals surface area contributed by atoms with Gasteiger partial charge in [0.05, 0.1) is 27.2 Å². The lowest BCUT2D eigenvalue weighted by Crippen LogP contribution is -2.31. The zero-order chi connectivity index (χ0) is 12.3. The van der Waals surface area contributed by atoms with Crippen molar-refractivity contribution >= 4 is 33.2 Å². The Bertz CT molecular complexity index is 442. The van der Waals surface area contributed by atoms with E-state index in [4.69, 9.17) is 16.9 Å². The summed E-state index contributed by atoms with van der Waals surface area (Å²) < 4.78 is 0.879. The SMILES string of the molecule is N#CC1CCCCC1Nc1cccc(Cl)c1Br. The monoisotopic (exact) mass is 312 g/mol. The van der Waals surface area contributed by atoms with Crippen molar-refractivity contribution in [3.63, 3.8) is 0 Å². The third-order valence-corrected chi connectivity index (χ3v) is 4.62. The predicted molar refractivity (Wildman–Crippen MR) is 74.1 cm³/mol. The van der Waals surface area contributed by atoms with Crippen molar-refractivity contribution in [3.8, 4) is 6.07 Å². The number of rotatable bonds is 2. The van der Waals surface area contributed by atoms with E-state index in [1.54, 1.807) is 0 Å². The van der Waals surface area contributed by atoms with Gasteiger partial charge in [-0.05, 0) is 40.9 Å². The van der Waals surface area contributed by atoms with Crippen LogP contribution in [0.25, 0.3) is 0 Å². The molecular weight excluding hydrogens is 300 g/mol. The molecule has 0 radical (unpaired) electrons. The van der Waals surface area contributed by atoms with Gasteiger partial charge in [0.25, 0.3) is 0 Å². The molecule has 0 spiro atoms. The summed E-state index contributed by atoms with van der Waals surface area (Å²) in [5, 5.41) is 13.3. The first kappa shape index (κ1) is 12.7. The number of halogens is 2. The summed E-state index contributed by atoms with van der Waals surface area (Å²) in [6.07, 6.45) is 4.39. The van der Waals surface area contributed by atoms with Crippen LogP contribution in [0.1, 0.15) is 25.7 Å². The molecule has 1 N–H and O–H groups in total. The zero-order valence-electron chi connectivity index (χ0n) is 9.42. The smallest absolute Gasteiger partial charge is 0.0677 e. The fourth-order valence-electron chi connectivity index (χ4n) is 2.27. The first-order valence-electron chi connectivity index (χ1n) is 5.82. The van der Waals surface area contributed by atoms with Gasteiger partial charge in [0.2, 0.25) is 0 Å². The summed E-state index contributed by atoms with van der Waals surface area (Å²) in [7, 11) is 0. The lowest BCUT2D eigenvalue weighted by Gasteiger charge is -2.29. The maximum atomic E-state index is 9.14. The molecule has 1 aromatic carbocycles. The van der Waals surface area contributed by atoms with Crippen LogP contribution >= 0.6 is 27.5 Å². The Hall–Kier alpha value is -0.720. The second kappa shape index (κ2) is 5.75. The van der Waals surface area contributed by atoms with Crippen LogP contribution in [0.3, 0.4) is 0 Å². The normalized spacial score (nSPS) is 24.1. The summed E-state index contributed by atoms with van der Waals surface area (Å²) in [6.45, 7) is 0. The first-order valence-corrected chi connectivity index (χ1v) is 6.99. The maximum Gasteiger partial charge on any atom is 0.0677 e. The van der Waals surface area contributed by atoms with Crippen LogP contribution in [-0.2, 0) is 0 Å². The molecule has 1 fully saturated rings. The van der Waals surface area contributed by atoms with Gasteiger partial charge in [-0.3, -0.25) is 0 Å². The van der Waals surface area contributed by atoms with Crippen molar-refractivity contribution in [1.82, 2.24) is 0 Å². The second-order valence-electron chi connectivity index (χ2n) is 4.37. The van der Waals surface area contributed by atoms with E-state index in [1.165, 1.54) is 6.42 Å². The van der Waals surface area contributed by atoms with Crippen LogP contribution in [0.2, 0.25) is 5.02 Å². The Morgan fingerprint density at radius 2 is 2.12 bits per heavy atom. The average Bonchev–Trinajstić information content (AvgIpc) is 2.35. The van der Waals surface area contributed by atoms with Gasteiger partial charge in [-0.15, -0.1) is 0 Å². The summed E-state index contributed by atoms with van der Waals surface area (Å²) >= 11 is 9.52. The van der Waals surface area contributed by atoms with E-state index >= 15 is 0 Å². The fourth-order valence-corrected chi connectivity index (χ4v) is 2.83. The molecular formula is C13H14BrClN2. The third kappa shape index (κ3) is 2.94. The standard InChI is InChI=1S/C13H14BrClN2/c14-13-10(15)5-3-7-12(13)17-11-6-2-1-4-9(11)8-16/h3,5,7,9,11,17H,1-2,4,6H2. The topological polar surface area (TPSA) is 35.8 Å². The van der Waals surface area contributed by atoms with Gasteiger partial charge in [-0.25, -0.2) is 0 Å². The molecule has 0 aromatic heterocycles. The predicted octanol–water partition coefficient (Wildman–Crippen LogP) is 4.60. The van der Waals surface area contributed by atoms with Crippen LogP contribution in [0.5, 0.6) is 0 Å². The number of nitriles is 1. The lowest BCUT2D eigenvalue weighted by atomic mass is 9.85. The maximum absolute atomic E-state index is 9.14. The van der Waals surface area contributed by atoms with Crippen LogP contribution in [0.15, 0.2) is 22.7 Å².